The molecular formula is C20H22N2O4-2. The van der Waals surface area contributed by atoms with Gasteiger partial charge in [0.25, 0.3) is 0 Å². The van der Waals surface area contributed by atoms with Crippen LogP contribution in [0.2, 0.25) is 0 Å². The third kappa shape index (κ3) is 5.60. The predicted octanol–water partition coefficient (Wildman–Crippen LogP) is 0.709. The molecule has 6 nitrogen and oxygen atoms in total. The van der Waals surface area contributed by atoms with Crippen molar-refractivity contribution in [2.24, 2.45) is 0 Å². The Hall–Kier alpha value is -2.86. The fourth-order valence-corrected chi connectivity index (χ4v) is 3.01. The number of carbonyl (C=O) groups excluding carboxylic acids is 2. The quantitative estimate of drug-likeness (QED) is 0.797. The van der Waals surface area contributed by atoms with E-state index in [2.05, 4.69) is 47.1 Å². The summed E-state index contributed by atoms with van der Waals surface area (Å²) >= 11 is 0. The Bertz CT molecular complexity index is 804. The van der Waals surface area contributed by atoms with E-state index in [0.29, 0.717) is 12.2 Å². The van der Waals surface area contributed by atoms with E-state index < -0.39 is 11.9 Å². The van der Waals surface area contributed by atoms with Crippen LogP contribution in [0, 0.1) is 0 Å². The topological polar surface area (TPSA) is 99.3 Å². The van der Waals surface area contributed by atoms with Crippen molar-refractivity contribution in [1.82, 2.24) is 9.88 Å². The van der Waals surface area contributed by atoms with Gasteiger partial charge in [0.1, 0.15) is 0 Å². The van der Waals surface area contributed by atoms with Crippen LogP contribution in [0.5, 0.6) is 0 Å². The first-order valence-electron chi connectivity index (χ1n) is 8.59. The molecule has 2 heterocycles. The fourth-order valence-electron chi connectivity index (χ4n) is 3.01. The molecule has 0 unspecified atom stereocenters. The number of aromatic nitrogens is 1. The van der Waals surface area contributed by atoms with Gasteiger partial charge in [-0.25, -0.2) is 0 Å². The second kappa shape index (κ2) is 9.58. The Morgan fingerprint density at radius 2 is 1.92 bits per heavy atom. The third-order valence-corrected chi connectivity index (χ3v) is 4.07. The molecule has 0 atom stereocenters. The van der Waals surface area contributed by atoms with Gasteiger partial charge in [-0.15, -0.1) is 0 Å². The normalized spacial score (nSPS) is 14.7. The molecule has 6 heteroatoms. The van der Waals surface area contributed by atoms with Crippen molar-refractivity contribution in [2.45, 2.75) is 19.8 Å². The zero-order chi connectivity index (χ0) is 18.9. The Morgan fingerprint density at radius 3 is 2.58 bits per heavy atom. The Kier molecular flexibility index (Phi) is 7.17. The summed E-state index contributed by atoms with van der Waals surface area (Å²) < 4.78 is 0. The maximum Gasteiger partial charge on any atom is 0.0643 e. The number of benzene rings is 1. The highest BCUT2D eigenvalue weighted by Gasteiger charge is 2.14. The van der Waals surface area contributed by atoms with Gasteiger partial charge in [-0.05, 0) is 54.8 Å². The molecular weight excluding hydrogens is 332 g/mol. The van der Waals surface area contributed by atoms with E-state index in [-0.39, 0.29) is 0 Å². The second-order valence-corrected chi connectivity index (χ2v) is 6.01. The lowest BCUT2D eigenvalue weighted by Crippen LogP contribution is -2.30. The van der Waals surface area contributed by atoms with E-state index >= 15 is 0 Å². The van der Waals surface area contributed by atoms with E-state index in [0.717, 1.165) is 6.54 Å². The van der Waals surface area contributed by atoms with Crippen molar-refractivity contribution in [2.75, 3.05) is 19.6 Å². The van der Waals surface area contributed by atoms with Gasteiger partial charge >= 0.3 is 0 Å². The van der Waals surface area contributed by atoms with Gasteiger partial charge in [0.05, 0.1) is 11.9 Å². The molecule has 0 saturated heterocycles. The number of hydrogen-bond donors (Lipinski definition) is 1. The number of aliphatic carboxylic acids is 2. The first-order chi connectivity index (χ1) is 12.5. The Balaban J connectivity index is 0.000000260. The van der Waals surface area contributed by atoms with E-state index in [1.54, 1.807) is 0 Å². The van der Waals surface area contributed by atoms with Crippen molar-refractivity contribution in [3.8, 4) is 0 Å². The van der Waals surface area contributed by atoms with Crippen LogP contribution in [0.15, 0.2) is 48.7 Å². The molecule has 0 aliphatic carbocycles. The maximum atomic E-state index is 9.41. The highest BCUT2D eigenvalue weighted by molar-refractivity contribution is 5.92. The second-order valence-electron chi connectivity index (χ2n) is 6.01. The van der Waals surface area contributed by atoms with Gasteiger partial charge in [-0.2, -0.15) is 0 Å². The molecule has 1 aromatic heterocycles. The minimum atomic E-state index is -1.55. The van der Waals surface area contributed by atoms with Crippen LogP contribution < -0.4 is 10.2 Å². The molecule has 2 aromatic rings. The highest BCUT2D eigenvalue weighted by Crippen LogP contribution is 2.27. The van der Waals surface area contributed by atoms with Crippen LogP contribution in [0.1, 0.15) is 25.3 Å². The summed E-state index contributed by atoms with van der Waals surface area (Å²) in [5.74, 6) is -3.09. The van der Waals surface area contributed by atoms with Gasteiger partial charge in [-0.3, -0.25) is 4.90 Å². The Labute approximate surface area is 152 Å². The molecule has 1 N–H and O–H groups in total. The van der Waals surface area contributed by atoms with Crippen molar-refractivity contribution in [3.05, 3.63) is 54.3 Å². The molecule has 1 aliphatic heterocycles. The molecule has 0 bridgehead atoms. The number of H-pyrrole nitrogens is 1. The number of nitrogens with one attached hydrogen (secondary N) is 1. The molecule has 1 aliphatic rings. The van der Waals surface area contributed by atoms with Crippen LogP contribution >= 0.6 is 0 Å². The first kappa shape index (κ1) is 19.5. The van der Waals surface area contributed by atoms with Crippen LogP contribution in [0.4, 0.5) is 0 Å². The predicted molar refractivity (Wildman–Crippen MR) is 96.8 cm³/mol. The zero-order valence-electron chi connectivity index (χ0n) is 14.7. The monoisotopic (exact) mass is 354 g/mol. The van der Waals surface area contributed by atoms with Crippen LogP contribution in [0.3, 0.4) is 0 Å². The number of carbonyl (C=O) groups is 2. The largest absolute Gasteiger partial charge is 0.545 e. The van der Waals surface area contributed by atoms with Gasteiger partial charge in [0, 0.05) is 30.2 Å². The van der Waals surface area contributed by atoms with Crippen LogP contribution in [0.25, 0.3) is 16.5 Å². The summed E-state index contributed by atoms with van der Waals surface area (Å²) in [6, 6.07) is 8.72. The number of carboxylic acid groups (broad SMARTS) is 2. The van der Waals surface area contributed by atoms with Crippen molar-refractivity contribution in [1.29, 1.82) is 0 Å². The van der Waals surface area contributed by atoms with E-state index in [1.165, 1.54) is 48.0 Å². The molecule has 26 heavy (non-hydrogen) atoms. The van der Waals surface area contributed by atoms with Crippen LogP contribution in [-0.2, 0) is 9.59 Å². The van der Waals surface area contributed by atoms with Gasteiger partial charge in [-0.1, -0.05) is 25.1 Å². The molecule has 1 aromatic carbocycles. The lowest BCUT2D eigenvalue weighted by Gasteiger charge is -2.27. The number of rotatable bonds is 5. The summed E-state index contributed by atoms with van der Waals surface area (Å²) in [5, 5.41) is 20.2. The molecule has 0 fully saturated rings. The zero-order valence-corrected chi connectivity index (χ0v) is 14.7. The first-order valence-corrected chi connectivity index (χ1v) is 8.59. The molecule has 3 rings (SSSR count). The lowest BCUT2D eigenvalue weighted by atomic mass is 9.98. The summed E-state index contributed by atoms with van der Waals surface area (Å²) in [4.78, 5) is 24.7. The van der Waals surface area contributed by atoms with Crippen molar-refractivity contribution >= 4 is 28.4 Å². The fraction of sp³-hybridized carbons (Fsp3) is 0.300. The van der Waals surface area contributed by atoms with Gasteiger partial charge in [0.2, 0.25) is 0 Å². The smallest absolute Gasteiger partial charge is 0.0643 e. The van der Waals surface area contributed by atoms with Gasteiger partial charge in [0.15, 0.2) is 0 Å². The number of carboxylic acids is 2. The molecule has 0 saturated carbocycles. The number of nitrogens with zero attached hydrogens (tertiary/aromatic N) is 1. The summed E-state index contributed by atoms with van der Waals surface area (Å²) in [7, 11) is 0. The summed E-state index contributed by atoms with van der Waals surface area (Å²) in [5.41, 5.74) is 4.12. The molecule has 0 spiro atoms. The lowest BCUT2D eigenvalue weighted by molar-refractivity contribution is -0.301. The standard InChI is InChI=1S/C16H20N2.C4H4O4/c1-2-10-18-11-4-5-13(12-18)14-6-3-7-16-15(14)8-9-17-16;5-3(6)1-2-4(7)8/h3,5-9,17H,2,4,10-12H2,1H3;1-2H,(H,5,6)(H,7,8)/p-2/b;2-1+. The number of fused-ring (bicyclic) bond motifs is 1. The third-order valence-electron chi connectivity index (χ3n) is 4.07. The highest BCUT2D eigenvalue weighted by atomic mass is 16.4. The van der Waals surface area contributed by atoms with Crippen molar-refractivity contribution in [3.63, 3.8) is 0 Å². The minimum Gasteiger partial charge on any atom is -0.545 e. The van der Waals surface area contributed by atoms with Gasteiger partial charge < -0.3 is 24.8 Å². The van der Waals surface area contributed by atoms with E-state index in [1.807, 2.05) is 6.20 Å². The van der Waals surface area contributed by atoms with Crippen molar-refractivity contribution < 1.29 is 19.8 Å². The number of hydrogen-bond acceptors (Lipinski definition) is 5. The number of aromatic amines is 1. The molecule has 0 amide bonds. The van der Waals surface area contributed by atoms with E-state index in [9.17, 15) is 19.8 Å². The molecule has 0 radical (unpaired) electrons. The molecule has 138 valence electrons. The average Bonchev–Trinajstić information content (AvgIpc) is 3.10. The summed E-state index contributed by atoms with van der Waals surface area (Å²) in [6.45, 7) is 5.77. The maximum absolute atomic E-state index is 9.41. The average molecular weight is 354 g/mol. The van der Waals surface area contributed by atoms with Crippen LogP contribution in [-0.4, -0.2) is 41.5 Å². The summed E-state index contributed by atoms with van der Waals surface area (Å²) in [6.07, 6.45) is 7.62. The Morgan fingerprint density at radius 1 is 1.19 bits per heavy atom. The van der Waals surface area contributed by atoms with E-state index in [4.69, 9.17) is 0 Å². The minimum absolute atomic E-state index is 0.384. The SMILES string of the molecule is CCCN1CCC=C(c2cccc3[nH]ccc23)C1.O=C([O-])/C=C/C(=O)[O-].